The summed E-state index contributed by atoms with van der Waals surface area (Å²) >= 11 is 11.7. The molecule has 0 atom stereocenters. The molecular formula is C8H5BrClIN2. The van der Waals surface area contributed by atoms with Crippen molar-refractivity contribution in [2.75, 3.05) is 0 Å². The van der Waals surface area contributed by atoms with Gasteiger partial charge in [-0.2, -0.15) is 5.10 Å². The molecule has 0 aliphatic carbocycles. The van der Waals surface area contributed by atoms with Gasteiger partial charge in [0.1, 0.15) is 3.70 Å². The minimum absolute atomic E-state index is 0.731. The fourth-order valence-corrected chi connectivity index (χ4v) is 2.85. The molecule has 0 saturated heterocycles. The lowest BCUT2D eigenvalue weighted by Gasteiger charge is -1.98. The maximum atomic E-state index is 6.14. The molecule has 0 aliphatic rings. The molecular weight excluding hydrogens is 366 g/mol. The molecule has 1 heterocycles. The molecule has 2 rings (SSSR count). The zero-order valence-corrected chi connectivity index (χ0v) is 11.2. The van der Waals surface area contributed by atoms with Crippen molar-refractivity contribution in [3.63, 3.8) is 0 Å². The van der Waals surface area contributed by atoms with Gasteiger partial charge in [-0.1, -0.05) is 11.6 Å². The van der Waals surface area contributed by atoms with Crippen molar-refractivity contribution in [2.45, 2.75) is 0 Å². The van der Waals surface area contributed by atoms with E-state index in [1.54, 1.807) is 0 Å². The van der Waals surface area contributed by atoms with Crippen molar-refractivity contribution in [2.24, 2.45) is 7.05 Å². The van der Waals surface area contributed by atoms with Crippen LogP contribution in [0.1, 0.15) is 0 Å². The molecule has 0 amide bonds. The monoisotopic (exact) mass is 370 g/mol. The highest BCUT2D eigenvalue weighted by atomic mass is 127. The third-order valence-electron chi connectivity index (χ3n) is 1.87. The van der Waals surface area contributed by atoms with Crippen LogP contribution in [0.15, 0.2) is 16.6 Å². The summed E-state index contributed by atoms with van der Waals surface area (Å²) in [4.78, 5) is 0. The molecule has 0 bridgehead atoms. The van der Waals surface area contributed by atoms with Crippen LogP contribution in [0, 0.1) is 3.70 Å². The molecule has 68 valence electrons. The van der Waals surface area contributed by atoms with Gasteiger partial charge >= 0.3 is 0 Å². The standard InChI is InChI=1S/C8H5BrClIN2/c1-13-5-3-2-4(9)7(10)6(5)8(11)12-13/h2-3H,1H3. The minimum atomic E-state index is 0.731. The normalized spacial score (nSPS) is 11.1. The van der Waals surface area contributed by atoms with Crippen molar-refractivity contribution in [1.82, 2.24) is 9.78 Å². The number of nitrogens with zero attached hydrogens (tertiary/aromatic N) is 2. The third-order valence-corrected chi connectivity index (χ3v) is 3.90. The minimum Gasteiger partial charge on any atom is -0.267 e. The quantitative estimate of drug-likeness (QED) is 0.647. The number of rotatable bonds is 0. The first kappa shape index (κ1) is 9.73. The SMILES string of the molecule is Cn1nc(I)c2c(Cl)c(Br)ccc21. The van der Waals surface area contributed by atoms with E-state index in [9.17, 15) is 0 Å². The van der Waals surface area contributed by atoms with Crippen molar-refractivity contribution in [3.8, 4) is 0 Å². The molecule has 1 aromatic heterocycles. The highest BCUT2D eigenvalue weighted by molar-refractivity contribution is 14.1. The Hall–Kier alpha value is 0.190. The van der Waals surface area contributed by atoms with Gasteiger partial charge < -0.3 is 0 Å². The summed E-state index contributed by atoms with van der Waals surface area (Å²) < 4.78 is 3.67. The Kier molecular flexibility index (Phi) is 2.55. The molecule has 0 saturated carbocycles. The summed E-state index contributed by atoms with van der Waals surface area (Å²) in [5.41, 5.74) is 1.05. The second-order valence-corrected chi connectivity index (χ2v) is 4.92. The molecule has 0 fully saturated rings. The number of aryl methyl sites for hydroxylation is 1. The van der Waals surface area contributed by atoms with Gasteiger partial charge in [0.25, 0.3) is 0 Å². The lowest BCUT2D eigenvalue weighted by molar-refractivity contribution is 0.787. The van der Waals surface area contributed by atoms with Gasteiger partial charge in [0, 0.05) is 11.5 Å². The molecule has 0 N–H and O–H groups in total. The van der Waals surface area contributed by atoms with Crippen LogP contribution < -0.4 is 0 Å². The lowest BCUT2D eigenvalue weighted by atomic mass is 10.2. The Morgan fingerprint density at radius 1 is 1.54 bits per heavy atom. The maximum Gasteiger partial charge on any atom is 0.132 e. The molecule has 0 unspecified atom stereocenters. The fraction of sp³-hybridized carbons (Fsp3) is 0.125. The Balaban J connectivity index is 2.98. The Morgan fingerprint density at radius 3 is 2.92 bits per heavy atom. The van der Waals surface area contributed by atoms with E-state index in [0.29, 0.717) is 0 Å². The van der Waals surface area contributed by atoms with Gasteiger partial charge in [0.05, 0.1) is 15.9 Å². The summed E-state index contributed by atoms with van der Waals surface area (Å²) in [6.07, 6.45) is 0. The first-order valence-electron chi connectivity index (χ1n) is 3.57. The van der Waals surface area contributed by atoms with E-state index in [2.05, 4.69) is 43.6 Å². The van der Waals surface area contributed by atoms with Crippen LogP contribution >= 0.6 is 50.1 Å². The second kappa shape index (κ2) is 3.40. The van der Waals surface area contributed by atoms with Crippen LogP contribution in [0.5, 0.6) is 0 Å². The molecule has 13 heavy (non-hydrogen) atoms. The summed E-state index contributed by atoms with van der Waals surface area (Å²) in [5, 5.41) is 6.03. The van der Waals surface area contributed by atoms with E-state index in [-0.39, 0.29) is 0 Å². The Labute approximate surface area is 103 Å². The van der Waals surface area contributed by atoms with Gasteiger partial charge in [-0.05, 0) is 50.7 Å². The second-order valence-electron chi connectivity index (χ2n) is 2.67. The number of halogens is 3. The summed E-state index contributed by atoms with van der Waals surface area (Å²) in [6, 6.07) is 3.93. The molecule has 2 nitrogen and oxygen atoms in total. The zero-order chi connectivity index (χ0) is 9.59. The predicted molar refractivity (Wildman–Crippen MR) is 66.1 cm³/mol. The van der Waals surface area contributed by atoms with E-state index >= 15 is 0 Å². The van der Waals surface area contributed by atoms with Crippen LogP contribution in [0.3, 0.4) is 0 Å². The number of hydrogen-bond acceptors (Lipinski definition) is 1. The fourth-order valence-electron chi connectivity index (χ4n) is 1.24. The van der Waals surface area contributed by atoms with Gasteiger partial charge in [-0.25, -0.2) is 0 Å². The first-order valence-corrected chi connectivity index (χ1v) is 5.82. The third kappa shape index (κ3) is 1.49. The van der Waals surface area contributed by atoms with E-state index < -0.39 is 0 Å². The number of fused-ring (bicyclic) bond motifs is 1. The summed E-state index contributed by atoms with van der Waals surface area (Å²) in [7, 11) is 1.91. The van der Waals surface area contributed by atoms with Crippen LogP contribution in [0.4, 0.5) is 0 Å². The Morgan fingerprint density at radius 2 is 2.23 bits per heavy atom. The van der Waals surface area contributed by atoms with Crippen molar-refractivity contribution in [1.29, 1.82) is 0 Å². The number of benzene rings is 1. The van der Waals surface area contributed by atoms with E-state index in [1.165, 1.54) is 0 Å². The van der Waals surface area contributed by atoms with Gasteiger partial charge in [0.15, 0.2) is 0 Å². The predicted octanol–water partition coefficient (Wildman–Crippen LogP) is 3.59. The molecule has 1 aromatic carbocycles. The summed E-state index contributed by atoms with van der Waals surface area (Å²) in [6.45, 7) is 0. The van der Waals surface area contributed by atoms with Crippen LogP contribution in [-0.4, -0.2) is 9.78 Å². The van der Waals surface area contributed by atoms with E-state index in [1.807, 2.05) is 23.9 Å². The van der Waals surface area contributed by atoms with Crippen molar-refractivity contribution >= 4 is 61.0 Å². The zero-order valence-electron chi connectivity index (χ0n) is 6.68. The van der Waals surface area contributed by atoms with Crippen molar-refractivity contribution < 1.29 is 0 Å². The van der Waals surface area contributed by atoms with Gasteiger partial charge in [0.2, 0.25) is 0 Å². The molecule has 0 spiro atoms. The van der Waals surface area contributed by atoms with Crippen LogP contribution in [0.25, 0.3) is 10.9 Å². The van der Waals surface area contributed by atoms with Crippen molar-refractivity contribution in [3.05, 3.63) is 25.3 Å². The van der Waals surface area contributed by atoms with Crippen LogP contribution in [-0.2, 0) is 7.05 Å². The molecule has 0 aliphatic heterocycles. The van der Waals surface area contributed by atoms with E-state index in [0.717, 1.165) is 24.1 Å². The topological polar surface area (TPSA) is 17.8 Å². The smallest absolute Gasteiger partial charge is 0.132 e. The highest BCUT2D eigenvalue weighted by Gasteiger charge is 2.11. The first-order chi connectivity index (χ1) is 6.11. The van der Waals surface area contributed by atoms with E-state index in [4.69, 9.17) is 11.6 Å². The largest absolute Gasteiger partial charge is 0.267 e. The highest BCUT2D eigenvalue weighted by Crippen LogP contribution is 2.33. The van der Waals surface area contributed by atoms with Gasteiger partial charge in [-0.15, -0.1) is 0 Å². The average molecular weight is 371 g/mol. The summed E-state index contributed by atoms with van der Waals surface area (Å²) in [5.74, 6) is 0. The number of aromatic nitrogens is 2. The molecule has 5 heteroatoms. The van der Waals surface area contributed by atoms with Gasteiger partial charge in [-0.3, -0.25) is 4.68 Å². The maximum absolute atomic E-state index is 6.14. The number of hydrogen-bond donors (Lipinski definition) is 0. The Bertz CT molecular complexity index is 480. The molecule has 2 aromatic rings. The van der Waals surface area contributed by atoms with Crippen LogP contribution in [0.2, 0.25) is 5.02 Å². The molecule has 0 radical (unpaired) electrons. The lowest BCUT2D eigenvalue weighted by Crippen LogP contribution is -1.88. The average Bonchev–Trinajstić information content (AvgIpc) is 2.35.